The third-order valence-corrected chi connectivity index (χ3v) is 5.21. The van der Waals surface area contributed by atoms with E-state index in [9.17, 15) is 4.39 Å². The summed E-state index contributed by atoms with van der Waals surface area (Å²) in [6.07, 6.45) is 3.54. The number of hydrogen-bond donors (Lipinski definition) is 1. The van der Waals surface area contributed by atoms with Crippen LogP contribution in [-0.2, 0) is 6.54 Å². The van der Waals surface area contributed by atoms with E-state index in [1.165, 1.54) is 13.2 Å². The van der Waals surface area contributed by atoms with Crippen LogP contribution in [0.15, 0.2) is 48.9 Å². The number of nitrogens with zero attached hydrogens (tertiary/aromatic N) is 4. The molecule has 0 bridgehead atoms. The van der Waals surface area contributed by atoms with Gasteiger partial charge in [0.15, 0.2) is 5.65 Å². The van der Waals surface area contributed by atoms with Crippen LogP contribution in [0.5, 0.6) is 5.75 Å². The Morgan fingerprint density at radius 3 is 2.73 bits per heavy atom. The van der Waals surface area contributed by atoms with E-state index in [1.54, 1.807) is 18.5 Å². The highest BCUT2D eigenvalue weighted by Crippen LogP contribution is 2.30. The highest BCUT2D eigenvalue weighted by atomic mass is 19.1. The van der Waals surface area contributed by atoms with E-state index in [4.69, 9.17) is 4.74 Å². The van der Waals surface area contributed by atoms with Gasteiger partial charge in [0.1, 0.15) is 23.7 Å². The molecule has 3 heterocycles. The summed E-state index contributed by atoms with van der Waals surface area (Å²) in [5.74, 6) is 1.32. The molecule has 0 saturated heterocycles. The Balaban J connectivity index is 1.69. The largest absolute Gasteiger partial charge is 0.496 e. The van der Waals surface area contributed by atoms with Crippen LogP contribution in [0.3, 0.4) is 0 Å². The lowest BCUT2D eigenvalue weighted by atomic mass is 10.0. The zero-order valence-electron chi connectivity index (χ0n) is 17.5. The Hall–Kier alpha value is -3.48. The minimum absolute atomic E-state index is 0.270. The zero-order valence-corrected chi connectivity index (χ0v) is 17.5. The summed E-state index contributed by atoms with van der Waals surface area (Å²) < 4.78 is 21.4. The molecule has 6 nitrogen and oxygen atoms in total. The Bertz CT molecular complexity index is 1200. The van der Waals surface area contributed by atoms with Gasteiger partial charge >= 0.3 is 0 Å². The number of nitrogens with one attached hydrogen (secondary N) is 1. The van der Waals surface area contributed by atoms with Gasteiger partial charge in [0.25, 0.3) is 0 Å². The molecule has 30 heavy (non-hydrogen) atoms. The molecule has 0 saturated carbocycles. The maximum atomic E-state index is 14.3. The average molecular weight is 405 g/mol. The highest BCUT2D eigenvalue weighted by molar-refractivity contribution is 5.80. The maximum absolute atomic E-state index is 14.3. The Morgan fingerprint density at radius 1 is 1.17 bits per heavy atom. The van der Waals surface area contributed by atoms with Crippen LogP contribution in [0.4, 0.5) is 10.2 Å². The fourth-order valence-corrected chi connectivity index (χ4v) is 3.52. The highest BCUT2D eigenvalue weighted by Gasteiger charge is 2.15. The molecule has 0 spiro atoms. The molecule has 4 rings (SSSR count). The van der Waals surface area contributed by atoms with Crippen molar-refractivity contribution in [2.24, 2.45) is 0 Å². The smallest absolute Gasteiger partial charge is 0.170 e. The molecule has 0 unspecified atom stereocenters. The van der Waals surface area contributed by atoms with Crippen molar-refractivity contribution in [3.05, 3.63) is 71.6 Å². The Labute approximate surface area is 174 Å². The molecule has 0 atom stereocenters. The number of aromatic nitrogens is 4. The molecular formula is C23H24FN5O. The van der Waals surface area contributed by atoms with E-state index >= 15 is 0 Å². The molecule has 0 radical (unpaired) electrons. The standard InChI is InChI=1S/C23H24FN5O/c1-14(2)20-10-15(3)17(11-25-20)16-8-9-22(29-13-27-28-23(16)29)26-12-18-19(24)6-5-7-21(18)30-4/h5-11,13-14,26H,12H2,1-4H3. The van der Waals surface area contributed by atoms with Gasteiger partial charge in [0, 0.05) is 35.1 Å². The van der Waals surface area contributed by atoms with E-state index in [2.05, 4.69) is 47.3 Å². The summed E-state index contributed by atoms with van der Waals surface area (Å²) in [6.45, 7) is 6.60. The van der Waals surface area contributed by atoms with E-state index < -0.39 is 0 Å². The Morgan fingerprint density at radius 2 is 2.00 bits per heavy atom. The molecule has 1 aromatic carbocycles. The summed E-state index contributed by atoms with van der Waals surface area (Å²) in [5.41, 5.74) is 5.33. The molecule has 0 aliphatic carbocycles. The minimum Gasteiger partial charge on any atom is -0.496 e. The van der Waals surface area contributed by atoms with Crippen molar-refractivity contribution in [3.8, 4) is 16.9 Å². The van der Waals surface area contributed by atoms with Crippen molar-refractivity contribution in [2.45, 2.75) is 33.2 Å². The Kier molecular flexibility index (Phi) is 5.35. The molecule has 0 aliphatic rings. The van der Waals surface area contributed by atoms with Gasteiger partial charge in [0.2, 0.25) is 0 Å². The van der Waals surface area contributed by atoms with Crippen molar-refractivity contribution in [2.75, 3.05) is 12.4 Å². The first-order valence-electron chi connectivity index (χ1n) is 9.84. The number of hydrogen-bond acceptors (Lipinski definition) is 5. The van der Waals surface area contributed by atoms with Crippen LogP contribution >= 0.6 is 0 Å². The molecule has 0 aliphatic heterocycles. The third-order valence-electron chi connectivity index (χ3n) is 5.21. The molecule has 3 aromatic heterocycles. The van der Waals surface area contributed by atoms with Crippen LogP contribution < -0.4 is 10.1 Å². The average Bonchev–Trinajstić information content (AvgIpc) is 3.23. The van der Waals surface area contributed by atoms with Crippen LogP contribution in [0.2, 0.25) is 0 Å². The number of methoxy groups -OCH3 is 1. The second-order valence-corrected chi connectivity index (χ2v) is 7.51. The lowest BCUT2D eigenvalue weighted by Crippen LogP contribution is -2.07. The molecule has 0 fully saturated rings. The molecule has 0 amide bonds. The SMILES string of the molecule is COc1cccc(F)c1CNc1ccc(-c2cnc(C(C)C)cc2C)c2nncn12. The lowest BCUT2D eigenvalue weighted by molar-refractivity contribution is 0.405. The van der Waals surface area contributed by atoms with E-state index in [-0.39, 0.29) is 12.4 Å². The zero-order chi connectivity index (χ0) is 21.3. The minimum atomic E-state index is -0.314. The van der Waals surface area contributed by atoms with E-state index in [1.807, 2.05) is 22.7 Å². The second-order valence-electron chi connectivity index (χ2n) is 7.51. The number of benzene rings is 1. The van der Waals surface area contributed by atoms with Crippen molar-refractivity contribution in [1.82, 2.24) is 19.6 Å². The number of ether oxygens (including phenoxy) is 1. The van der Waals surface area contributed by atoms with Crippen molar-refractivity contribution >= 4 is 11.5 Å². The van der Waals surface area contributed by atoms with Crippen molar-refractivity contribution in [1.29, 1.82) is 0 Å². The number of aryl methyl sites for hydroxylation is 1. The topological polar surface area (TPSA) is 64.3 Å². The first-order chi connectivity index (χ1) is 14.5. The first kappa shape index (κ1) is 19.8. The normalized spacial score (nSPS) is 11.3. The van der Waals surface area contributed by atoms with Gasteiger partial charge in [0.05, 0.1) is 7.11 Å². The third kappa shape index (κ3) is 3.58. The van der Waals surface area contributed by atoms with Gasteiger partial charge in [-0.3, -0.25) is 9.38 Å². The summed E-state index contributed by atoms with van der Waals surface area (Å²) >= 11 is 0. The van der Waals surface area contributed by atoms with Gasteiger partial charge < -0.3 is 10.1 Å². The predicted octanol–water partition coefficient (Wildman–Crippen LogP) is 4.98. The van der Waals surface area contributed by atoms with E-state index in [0.717, 1.165) is 28.2 Å². The number of rotatable bonds is 6. The fraction of sp³-hybridized carbons (Fsp3) is 0.261. The quantitative estimate of drug-likeness (QED) is 0.490. The van der Waals surface area contributed by atoms with Crippen LogP contribution in [-0.4, -0.2) is 26.7 Å². The van der Waals surface area contributed by atoms with Gasteiger partial charge in [-0.25, -0.2) is 4.39 Å². The number of anilines is 1. The number of pyridine rings is 2. The molecule has 4 aromatic rings. The fourth-order valence-electron chi connectivity index (χ4n) is 3.52. The second kappa shape index (κ2) is 8.10. The van der Waals surface area contributed by atoms with Gasteiger partial charge in [-0.05, 0) is 48.7 Å². The summed E-state index contributed by atoms with van der Waals surface area (Å²) in [6, 6.07) is 10.8. The van der Waals surface area contributed by atoms with Gasteiger partial charge in [-0.2, -0.15) is 0 Å². The van der Waals surface area contributed by atoms with Crippen LogP contribution in [0, 0.1) is 12.7 Å². The monoisotopic (exact) mass is 405 g/mol. The number of halogens is 1. The van der Waals surface area contributed by atoms with Crippen LogP contribution in [0.25, 0.3) is 16.8 Å². The summed E-state index contributed by atoms with van der Waals surface area (Å²) in [7, 11) is 1.53. The van der Waals surface area contributed by atoms with Gasteiger partial charge in [-0.1, -0.05) is 19.9 Å². The molecular weight excluding hydrogens is 381 g/mol. The maximum Gasteiger partial charge on any atom is 0.170 e. The first-order valence-corrected chi connectivity index (χ1v) is 9.84. The van der Waals surface area contributed by atoms with Gasteiger partial charge in [-0.15, -0.1) is 10.2 Å². The summed E-state index contributed by atoms with van der Waals surface area (Å²) in [4.78, 5) is 4.61. The molecule has 7 heteroatoms. The molecule has 1 N–H and O–H groups in total. The summed E-state index contributed by atoms with van der Waals surface area (Å²) in [5, 5.41) is 11.7. The van der Waals surface area contributed by atoms with Crippen molar-refractivity contribution in [3.63, 3.8) is 0 Å². The lowest BCUT2D eigenvalue weighted by Gasteiger charge is -2.15. The van der Waals surface area contributed by atoms with Crippen molar-refractivity contribution < 1.29 is 9.13 Å². The molecule has 154 valence electrons. The number of fused-ring (bicyclic) bond motifs is 1. The predicted molar refractivity (Wildman–Crippen MR) is 115 cm³/mol. The van der Waals surface area contributed by atoms with E-state index in [0.29, 0.717) is 22.9 Å². The van der Waals surface area contributed by atoms with Crippen LogP contribution in [0.1, 0.15) is 36.6 Å².